The van der Waals surface area contributed by atoms with Gasteiger partial charge in [0.15, 0.2) is 0 Å². The Morgan fingerprint density at radius 3 is 2.70 bits per heavy atom. The number of hydrogen-bond acceptors (Lipinski definition) is 3. The molecular formula is C22H26N2O2S. The molecule has 3 rings (SSSR count). The third-order valence-corrected chi connectivity index (χ3v) is 5.80. The highest BCUT2D eigenvalue weighted by Crippen LogP contribution is 2.29. The number of unbranched alkanes of at least 4 members (excludes halogenated alkanes) is 2. The number of fused-ring (bicyclic) bond motifs is 1. The van der Waals surface area contributed by atoms with Gasteiger partial charge in [0, 0.05) is 23.7 Å². The number of carbonyl (C=O) groups excluding carboxylic acids is 2. The summed E-state index contributed by atoms with van der Waals surface area (Å²) >= 11 is 1.44. The summed E-state index contributed by atoms with van der Waals surface area (Å²) in [5.74, 6) is 0.352. The molecule has 1 aliphatic heterocycles. The maximum Gasteiger partial charge on any atom is 0.252 e. The molecule has 0 atom stereocenters. The molecule has 2 aromatic carbocycles. The topological polar surface area (TPSA) is 49.4 Å². The highest BCUT2D eigenvalue weighted by molar-refractivity contribution is 8.00. The fraction of sp³-hybridized carbons (Fsp3) is 0.364. The van der Waals surface area contributed by atoms with Gasteiger partial charge in [0.2, 0.25) is 5.91 Å². The predicted octanol–water partition coefficient (Wildman–Crippen LogP) is 4.29. The molecule has 5 heteroatoms. The summed E-state index contributed by atoms with van der Waals surface area (Å²) < 4.78 is 0. The third kappa shape index (κ3) is 4.92. The van der Waals surface area contributed by atoms with E-state index in [4.69, 9.17) is 0 Å². The Hall–Kier alpha value is -2.27. The Bertz CT molecular complexity index is 806. The van der Waals surface area contributed by atoms with Gasteiger partial charge >= 0.3 is 0 Å². The van der Waals surface area contributed by atoms with E-state index < -0.39 is 0 Å². The summed E-state index contributed by atoms with van der Waals surface area (Å²) in [6.07, 6.45) is 4.14. The van der Waals surface area contributed by atoms with E-state index in [0.717, 1.165) is 42.8 Å². The molecule has 1 N–H and O–H groups in total. The lowest BCUT2D eigenvalue weighted by Gasteiger charge is -2.17. The van der Waals surface area contributed by atoms with Crippen molar-refractivity contribution in [3.63, 3.8) is 0 Å². The zero-order chi connectivity index (χ0) is 19.1. The van der Waals surface area contributed by atoms with Crippen LogP contribution in [-0.4, -0.2) is 30.7 Å². The normalized spacial score (nSPS) is 12.7. The summed E-state index contributed by atoms with van der Waals surface area (Å²) in [7, 11) is 0. The Labute approximate surface area is 165 Å². The van der Waals surface area contributed by atoms with Crippen molar-refractivity contribution < 1.29 is 9.59 Å². The van der Waals surface area contributed by atoms with E-state index in [1.165, 1.54) is 17.3 Å². The number of para-hydroxylation sites is 1. The van der Waals surface area contributed by atoms with Crippen LogP contribution in [0.15, 0.2) is 53.4 Å². The fourth-order valence-corrected chi connectivity index (χ4v) is 4.19. The number of benzene rings is 2. The first-order chi connectivity index (χ1) is 13.2. The Morgan fingerprint density at radius 2 is 1.85 bits per heavy atom. The number of amides is 2. The minimum absolute atomic E-state index is 0.0619. The minimum atomic E-state index is -0.0619. The van der Waals surface area contributed by atoms with E-state index in [-0.39, 0.29) is 11.8 Å². The maximum absolute atomic E-state index is 12.7. The van der Waals surface area contributed by atoms with Crippen LogP contribution in [0.2, 0.25) is 0 Å². The van der Waals surface area contributed by atoms with E-state index in [2.05, 4.69) is 18.3 Å². The van der Waals surface area contributed by atoms with E-state index in [1.807, 2.05) is 47.4 Å². The molecule has 0 bridgehead atoms. The molecule has 0 spiro atoms. The molecule has 0 aliphatic carbocycles. The number of rotatable bonds is 8. The molecule has 1 aliphatic rings. The second-order valence-corrected chi connectivity index (χ2v) is 7.69. The molecule has 142 valence electrons. The molecule has 27 heavy (non-hydrogen) atoms. The van der Waals surface area contributed by atoms with Gasteiger partial charge in [-0.05, 0) is 36.6 Å². The number of nitrogens with one attached hydrogen (secondary N) is 1. The summed E-state index contributed by atoms with van der Waals surface area (Å²) in [6, 6.07) is 15.6. The first kappa shape index (κ1) is 19.5. The number of anilines is 1. The lowest BCUT2D eigenvalue weighted by Crippen LogP contribution is -2.30. The van der Waals surface area contributed by atoms with Gasteiger partial charge in [-0.15, -0.1) is 11.8 Å². The van der Waals surface area contributed by atoms with Crippen molar-refractivity contribution in [2.24, 2.45) is 0 Å². The van der Waals surface area contributed by atoms with Gasteiger partial charge in [-0.2, -0.15) is 0 Å². The maximum atomic E-state index is 12.7. The second kappa shape index (κ2) is 9.60. The van der Waals surface area contributed by atoms with Crippen molar-refractivity contribution in [3.8, 4) is 0 Å². The van der Waals surface area contributed by atoms with Crippen LogP contribution in [0.3, 0.4) is 0 Å². The van der Waals surface area contributed by atoms with Crippen LogP contribution in [0, 0.1) is 0 Å². The summed E-state index contributed by atoms with van der Waals surface area (Å²) in [6.45, 7) is 3.57. The molecule has 0 radical (unpaired) electrons. The van der Waals surface area contributed by atoms with Crippen molar-refractivity contribution in [2.75, 3.05) is 23.7 Å². The number of nitrogens with zero attached hydrogens (tertiary/aromatic N) is 1. The summed E-state index contributed by atoms with van der Waals surface area (Å²) in [5, 5.41) is 2.98. The van der Waals surface area contributed by atoms with Crippen molar-refractivity contribution in [1.29, 1.82) is 0 Å². The average Bonchev–Trinajstić information content (AvgIpc) is 3.14. The largest absolute Gasteiger partial charge is 0.352 e. The van der Waals surface area contributed by atoms with Gasteiger partial charge < -0.3 is 10.2 Å². The van der Waals surface area contributed by atoms with Crippen LogP contribution in [0.4, 0.5) is 5.69 Å². The molecular weight excluding hydrogens is 356 g/mol. The van der Waals surface area contributed by atoms with Crippen LogP contribution >= 0.6 is 11.8 Å². The van der Waals surface area contributed by atoms with Crippen molar-refractivity contribution in [1.82, 2.24) is 5.32 Å². The van der Waals surface area contributed by atoms with Crippen LogP contribution < -0.4 is 10.2 Å². The third-order valence-electron chi connectivity index (χ3n) is 4.74. The monoisotopic (exact) mass is 382 g/mol. The highest BCUT2D eigenvalue weighted by atomic mass is 32.2. The summed E-state index contributed by atoms with van der Waals surface area (Å²) in [5.41, 5.74) is 2.89. The van der Waals surface area contributed by atoms with Gasteiger partial charge in [0.1, 0.15) is 0 Å². The highest BCUT2D eigenvalue weighted by Gasteiger charge is 2.24. The Kier molecular flexibility index (Phi) is 6.93. The van der Waals surface area contributed by atoms with Crippen LogP contribution in [-0.2, 0) is 11.2 Å². The van der Waals surface area contributed by atoms with Crippen molar-refractivity contribution in [2.45, 2.75) is 37.5 Å². The number of hydrogen-bond donors (Lipinski definition) is 1. The molecule has 0 fully saturated rings. The van der Waals surface area contributed by atoms with E-state index in [9.17, 15) is 9.59 Å². The SMILES string of the molecule is CCCCCNC(=O)c1ccccc1SCC(=O)N1CCc2ccccc21. The zero-order valence-electron chi connectivity index (χ0n) is 15.7. The van der Waals surface area contributed by atoms with E-state index >= 15 is 0 Å². The Balaban J connectivity index is 1.60. The quantitative estimate of drug-likeness (QED) is 0.547. The predicted molar refractivity (Wildman–Crippen MR) is 112 cm³/mol. The van der Waals surface area contributed by atoms with Gasteiger partial charge in [-0.3, -0.25) is 9.59 Å². The van der Waals surface area contributed by atoms with Crippen molar-refractivity contribution >= 4 is 29.3 Å². The van der Waals surface area contributed by atoms with Crippen molar-refractivity contribution in [3.05, 3.63) is 59.7 Å². The van der Waals surface area contributed by atoms with Crippen LogP contribution in [0.25, 0.3) is 0 Å². The molecule has 4 nitrogen and oxygen atoms in total. The molecule has 2 amide bonds. The molecule has 0 saturated heterocycles. The van der Waals surface area contributed by atoms with Gasteiger partial charge in [-0.1, -0.05) is 50.1 Å². The smallest absolute Gasteiger partial charge is 0.252 e. The molecule has 1 heterocycles. The first-order valence-corrected chi connectivity index (χ1v) is 10.6. The van der Waals surface area contributed by atoms with Crippen LogP contribution in [0.5, 0.6) is 0 Å². The van der Waals surface area contributed by atoms with E-state index in [1.54, 1.807) is 0 Å². The molecule has 0 aromatic heterocycles. The lowest BCUT2D eigenvalue weighted by atomic mass is 10.2. The van der Waals surface area contributed by atoms with E-state index in [0.29, 0.717) is 17.9 Å². The number of thioether (sulfide) groups is 1. The average molecular weight is 383 g/mol. The Morgan fingerprint density at radius 1 is 1.07 bits per heavy atom. The second-order valence-electron chi connectivity index (χ2n) is 6.67. The molecule has 0 saturated carbocycles. The van der Waals surface area contributed by atoms with Gasteiger partial charge in [-0.25, -0.2) is 0 Å². The first-order valence-electron chi connectivity index (χ1n) is 9.59. The number of carbonyl (C=O) groups is 2. The zero-order valence-corrected chi connectivity index (χ0v) is 16.6. The lowest BCUT2D eigenvalue weighted by molar-refractivity contribution is -0.116. The molecule has 2 aromatic rings. The summed E-state index contributed by atoms with van der Waals surface area (Å²) in [4.78, 5) is 27.9. The van der Waals surface area contributed by atoms with Gasteiger partial charge in [0.05, 0.1) is 11.3 Å². The fourth-order valence-electron chi connectivity index (χ4n) is 3.27. The minimum Gasteiger partial charge on any atom is -0.352 e. The van der Waals surface area contributed by atoms with Gasteiger partial charge in [0.25, 0.3) is 5.91 Å². The standard InChI is InChI=1S/C22H26N2O2S/c1-2-3-8-14-23-22(26)18-10-5-7-12-20(18)27-16-21(25)24-15-13-17-9-4-6-11-19(17)24/h4-7,9-12H,2-3,8,13-16H2,1H3,(H,23,26). The van der Waals surface area contributed by atoms with Crippen LogP contribution in [0.1, 0.15) is 42.1 Å². The molecule has 0 unspecified atom stereocenters.